The zero-order chi connectivity index (χ0) is 18.0. The van der Waals surface area contributed by atoms with Crippen molar-refractivity contribution >= 4 is 11.8 Å². The topological polar surface area (TPSA) is 76.3 Å². The zero-order valence-electron chi connectivity index (χ0n) is 14.7. The second-order valence-corrected chi connectivity index (χ2v) is 6.66. The minimum atomic E-state index is -0.324. The van der Waals surface area contributed by atoms with E-state index in [0.717, 1.165) is 35.4 Å². The van der Waals surface area contributed by atoms with Crippen LogP contribution in [0, 0.1) is 19.8 Å². The Labute approximate surface area is 147 Å². The molecule has 1 atom stereocenters. The first kappa shape index (κ1) is 17.1. The van der Waals surface area contributed by atoms with Crippen molar-refractivity contribution in [3.63, 3.8) is 0 Å². The van der Waals surface area contributed by atoms with Gasteiger partial charge in [0.1, 0.15) is 0 Å². The minimum Gasteiger partial charge on any atom is -0.369 e. The number of benzene rings is 1. The number of hydrogen-bond donors (Lipinski definition) is 1. The molecular formula is C20H23N3O2. The van der Waals surface area contributed by atoms with Crippen LogP contribution in [0.15, 0.2) is 36.4 Å². The highest BCUT2D eigenvalue weighted by molar-refractivity contribution is 5.95. The number of aromatic nitrogens is 1. The van der Waals surface area contributed by atoms with Gasteiger partial charge in [-0.2, -0.15) is 0 Å². The Balaban J connectivity index is 1.77. The summed E-state index contributed by atoms with van der Waals surface area (Å²) in [5.41, 5.74) is 10.1. The number of aryl methyl sites for hydroxylation is 2. The Morgan fingerprint density at radius 1 is 1.12 bits per heavy atom. The Bertz CT molecular complexity index is 799. The lowest BCUT2D eigenvalue weighted by Crippen LogP contribution is -2.44. The first-order valence-corrected chi connectivity index (χ1v) is 8.59. The van der Waals surface area contributed by atoms with Crippen molar-refractivity contribution in [3.05, 3.63) is 53.3 Å². The van der Waals surface area contributed by atoms with Gasteiger partial charge in [-0.3, -0.25) is 14.6 Å². The molecule has 0 bridgehead atoms. The van der Waals surface area contributed by atoms with Crippen LogP contribution in [0.2, 0.25) is 0 Å². The molecule has 1 unspecified atom stereocenters. The van der Waals surface area contributed by atoms with Crippen molar-refractivity contribution in [3.8, 4) is 11.1 Å². The van der Waals surface area contributed by atoms with Gasteiger partial charge in [0.2, 0.25) is 5.91 Å². The standard InChI is InChI=1S/C20H23N3O2/c1-13-5-10-18(14(2)22-13)15-6-8-16(9-7-15)20(25)23-11-3-4-17(12-23)19(21)24/h5-10,17H,3-4,11-12H2,1-2H3,(H2,21,24). The number of carbonyl (C=O) groups excluding carboxylic acids is 2. The Morgan fingerprint density at radius 2 is 1.84 bits per heavy atom. The second kappa shape index (κ2) is 7.05. The molecule has 1 aliphatic rings. The smallest absolute Gasteiger partial charge is 0.253 e. The van der Waals surface area contributed by atoms with E-state index in [9.17, 15) is 9.59 Å². The summed E-state index contributed by atoms with van der Waals surface area (Å²) in [7, 11) is 0. The van der Waals surface area contributed by atoms with Crippen molar-refractivity contribution in [2.75, 3.05) is 13.1 Å². The van der Waals surface area contributed by atoms with Crippen LogP contribution in [-0.2, 0) is 4.79 Å². The molecule has 25 heavy (non-hydrogen) atoms. The van der Waals surface area contributed by atoms with Gasteiger partial charge in [0.05, 0.1) is 5.92 Å². The van der Waals surface area contributed by atoms with Crippen LogP contribution in [-0.4, -0.2) is 34.8 Å². The monoisotopic (exact) mass is 337 g/mol. The van der Waals surface area contributed by atoms with E-state index in [1.807, 2.05) is 44.2 Å². The first-order chi connectivity index (χ1) is 12.0. The van der Waals surface area contributed by atoms with Crippen molar-refractivity contribution < 1.29 is 9.59 Å². The number of primary amides is 1. The number of pyridine rings is 1. The molecule has 1 saturated heterocycles. The maximum atomic E-state index is 12.7. The average Bonchev–Trinajstić information content (AvgIpc) is 2.61. The Kier molecular flexibility index (Phi) is 4.83. The van der Waals surface area contributed by atoms with E-state index in [2.05, 4.69) is 11.1 Å². The Hall–Kier alpha value is -2.69. The third-order valence-corrected chi connectivity index (χ3v) is 4.78. The highest BCUT2D eigenvalue weighted by Crippen LogP contribution is 2.24. The predicted molar refractivity (Wildman–Crippen MR) is 97.0 cm³/mol. The predicted octanol–water partition coefficient (Wildman–Crippen LogP) is 2.70. The SMILES string of the molecule is Cc1ccc(-c2ccc(C(=O)N3CCCC(C(N)=O)C3)cc2)c(C)n1. The maximum absolute atomic E-state index is 12.7. The van der Waals surface area contributed by atoms with Gasteiger partial charge < -0.3 is 10.6 Å². The van der Waals surface area contributed by atoms with Gasteiger partial charge in [-0.15, -0.1) is 0 Å². The molecule has 2 amide bonds. The second-order valence-electron chi connectivity index (χ2n) is 6.66. The van der Waals surface area contributed by atoms with Crippen molar-refractivity contribution in [2.24, 2.45) is 11.7 Å². The van der Waals surface area contributed by atoms with Crippen LogP contribution in [0.25, 0.3) is 11.1 Å². The molecule has 2 N–H and O–H groups in total. The van der Waals surface area contributed by atoms with Crippen LogP contribution in [0.4, 0.5) is 0 Å². The van der Waals surface area contributed by atoms with E-state index in [0.29, 0.717) is 18.7 Å². The maximum Gasteiger partial charge on any atom is 0.253 e. The fourth-order valence-electron chi connectivity index (χ4n) is 3.36. The molecule has 3 rings (SSSR count). The first-order valence-electron chi connectivity index (χ1n) is 8.59. The molecular weight excluding hydrogens is 314 g/mol. The van der Waals surface area contributed by atoms with Crippen molar-refractivity contribution in [1.82, 2.24) is 9.88 Å². The zero-order valence-corrected chi connectivity index (χ0v) is 14.7. The third kappa shape index (κ3) is 3.71. The molecule has 2 heterocycles. The molecule has 0 radical (unpaired) electrons. The summed E-state index contributed by atoms with van der Waals surface area (Å²) in [5, 5.41) is 0. The minimum absolute atomic E-state index is 0.0451. The fraction of sp³-hybridized carbons (Fsp3) is 0.350. The highest BCUT2D eigenvalue weighted by atomic mass is 16.2. The number of hydrogen-bond acceptors (Lipinski definition) is 3. The summed E-state index contributed by atoms with van der Waals surface area (Å²) in [5.74, 6) is -0.607. The molecule has 1 aromatic carbocycles. The normalized spacial score (nSPS) is 17.4. The lowest BCUT2D eigenvalue weighted by Gasteiger charge is -2.31. The van der Waals surface area contributed by atoms with E-state index >= 15 is 0 Å². The summed E-state index contributed by atoms with van der Waals surface area (Å²) in [6.45, 7) is 5.04. The molecule has 1 aliphatic heterocycles. The van der Waals surface area contributed by atoms with Gasteiger partial charge >= 0.3 is 0 Å². The molecule has 5 heteroatoms. The van der Waals surface area contributed by atoms with Crippen LogP contribution >= 0.6 is 0 Å². The van der Waals surface area contributed by atoms with Crippen LogP contribution in [0.3, 0.4) is 0 Å². The van der Waals surface area contributed by atoms with Crippen LogP contribution < -0.4 is 5.73 Å². The lowest BCUT2D eigenvalue weighted by atomic mass is 9.96. The number of rotatable bonds is 3. The van der Waals surface area contributed by atoms with Crippen molar-refractivity contribution in [2.45, 2.75) is 26.7 Å². The van der Waals surface area contributed by atoms with Gasteiger partial charge in [0.15, 0.2) is 0 Å². The number of likely N-dealkylation sites (tertiary alicyclic amines) is 1. The molecule has 1 aromatic heterocycles. The largest absolute Gasteiger partial charge is 0.369 e. The Morgan fingerprint density at radius 3 is 2.48 bits per heavy atom. The van der Waals surface area contributed by atoms with E-state index < -0.39 is 0 Å². The van der Waals surface area contributed by atoms with Gasteiger partial charge in [-0.05, 0) is 50.5 Å². The number of carbonyl (C=O) groups is 2. The van der Waals surface area contributed by atoms with Gasteiger partial charge in [-0.1, -0.05) is 18.2 Å². The average molecular weight is 337 g/mol. The van der Waals surface area contributed by atoms with Gasteiger partial charge in [0.25, 0.3) is 5.91 Å². The summed E-state index contributed by atoms with van der Waals surface area (Å²) in [6, 6.07) is 11.6. The fourth-order valence-corrected chi connectivity index (χ4v) is 3.36. The van der Waals surface area contributed by atoms with E-state index in [-0.39, 0.29) is 17.7 Å². The van der Waals surface area contributed by atoms with Gasteiger partial charge in [-0.25, -0.2) is 0 Å². The molecule has 0 aliphatic carbocycles. The quantitative estimate of drug-likeness (QED) is 0.935. The third-order valence-electron chi connectivity index (χ3n) is 4.78. The van der Waals surface area contributed by atoms with Crippen LogP contribution in [0.1, 0.15) is 34.6 Å². The number of nitrogens with two attached hydrogens (primary N) is 1. The van der Waals surface area contributed by atoms with Crippen LogP contribution in [0.5, 0.6) is 0 Å². The summed E-state index contributed by atoms with van der Waals surface area (Å²) >= 11 is 0. The number of amides is 2. The number of piperidine rings is 1. The van der Waals surface area contributed by atoms with E-state index in [4.69, 9.17) is 5.73 Å². The van der Waals surface area contributed by atoms with Crippen molar-refractivity contribution in [1.29, 1.82) is 0 Å². The molecule has 2 aromatic rings. The molecule has 1 fully saturated rings. The summed E-state index contributed by atoms with van der Waals surface area (Å²) in [4.78, 5) is 30.3. The summed E-state index contributed by atoms with van der Waals surface area (Å²) in [6.07, 6.45) is 1.57. The molecule has 0 saturated carbocycles. The lowest BCUT2D eigenvalue weighted by molar-refractivity contribution is -0.123. The molecule has 5 nitrogen and oxygen atoms in total. The highest BCUT2D eigenvalue weighted by Gasteiger charge is 2.27. The van der Waals surface area contributed by atoms with E-state index in [1.165, 1.54) is 0 Å². The van der Waals surface area contributed by atoms with E-state index in [1.54, 1.807) is 4.90 Å². The molecule has 130 valence electrons. The number of nitrogens with zero attached hydrogens (tertiary/aromatic N) is 2. The van der Waals surface area contributed by atoms with Gasteiger partial charge in [0, 0.05) is 35.6 Å². The summed E-state index contributed by atoms with van der Waals surface area (Å²) < 4.78 is 0. The molecule has 0 spiro atoms.